The average Bonchev–Trinajstić information content (AvgIpc) is 3.14. The number of hydrazine groups is 1. The molecule has 1 aromatic carbocycles. The fourth-order valence-corrected chi connectivity index (χ4v) is 2.22. The maximum absolute atomic E-state index is 5.98. The second kappa shape index (κ2) is 5.25. The summed E-state index contributed by atoms with van der Waals surface area (Å²) in [6.07, 6.45) is 4.25. The van der Waals surface area contributed by atoms with Gasteiger partial charge in [0.15, 0.2) is 5.22 Å². The van der Waals surface area contributed by atoms with Crippen molar-refractivity contribution >= 4 is 11.6 Å². The summed E-state index contributed by atoms with van der Waals surface area (Å²) in [7, 11) is 0. The van der Waals surface area contributed by atoms with Crippen LogP contribution in [-0.4, -0.2) is 6.10 Å². The Balaban J connectivity index is 1.81. The van der Waals surface area contributed by atoms with Gasteiger partial charge in [0.2, 0.25) is 0 Å². The normalized spacial score (nSPS) is 16.3. The van der Waals surface area contributed by atoms with Crippen molar-refractivity contribution < 1.29 is 9.15 Å². The second-order valence-electron chi connectivity index (χ2n) is 4.64. The molecule has 3 N–H and O–H groups in total. The van der Waals surface area contributed by atoms with Crippen molar-refractivity contribution in [1.82, 2.24) is 5.43 Å². The van der Waals surface area contributed by atoms with Gasteiger partial charge in [0.25, 0.3) is 0 Å². The highest BCUT2D eigenvalue weighted by Crippen LogP contribution is 2.31. The number of hydrogen-bond acceptors (Lipinski definition) is 4. The summed E-state index contributed by atoms with van der Waals surface area (Å²) in [6.45, 7) is 0. The third-order valence-corrected chi connectivity index (χ3v) is 3.47. The number of halogens is 1. The summed E-state index contributed by atoms with van der Waals surface area (Å²) in [4.78, 5) is 0. The summed E-state index contributed by atoms with van der Waals surface area (Å²) in [5.74, 6) is 6.50. The number of furan rings is 1. The van der Waals surface area contributed by atoms with E-state index in [1.165, 1.54) is 0 Å². The van der Waals surface area contributed by atoms with Crippen LogP contribution in [0.5, 0.6) is 5.75 Å². The van der Waals surface area contributed by atoms with Crippen LogP contribution in [-0.2, 0) is 0 Å². The molecular weight excluding hydrogens is 264 g/mol. The molecule has 1 atom stereocenters. The number of nitrogens with two attached hydrogens (primary N) is 1. The zero-order valence-corrected chi connectivity index (χ0v) is 11.1. The molecule has 1 aliphatic rings. The largest absolute Gasteiger partial charge is 0.490 e. The average molecular weight is 279 g/mol. The summed E-state index contributed by atoms with van der Waals surface area (Å²) in [5.41, 5.74) is 4.58. The van der Waals surface area contributed by atoms with Crippen LogP contribution < -0.4 is 16.0 Å². The maximum Gasteiger partial charge on any atom is 0.198 e. The van der Waals surface area contributed by atoms with Crippen LogP contribution in [0.3, 0.4) is 0 Å². The van der Waals surface area contributed by atoms with Gasteiger partial charge in [0, 0.05) is 5.56 Å². The van der Waals surface area contributed by atoms with E-state index in [1.807, 2.05) is 30.3 Å². The van der Waals surface area contributed by atoms with E-state index in [-0.39, 0.29) is 6.04 Å². The topological polar surface area (TPSA) is 60.4 Å². The monoisotopic (exact) mass is 278 g/mol. The number of ether oxygens (including phenoxy) is 1. The lowest BCUT2D eigenvalue weighted by atomic mass is 10.0. The van der Waals surface area contributed by atoms with Crippen molar-refractivity contribution in [3.8, 4) is 5.75 Å². The minimum Gasteiger partial charge on any atom is -0.490 e. The fraction of sp³-hybridized carbons (Fsp3) is 0.286. The molecule has 1 unspecified atom stereocenters. The molecular formula is C14H15ClN2O2. The molecule has 1 aliphatic carbocycles. The van der Waals surface area contributed by atoms with Crippen LogP contribution in [0.25, 0.3) is 0 Å². The number of nitrogens with one attached hydrogen (secondary N) is 1. The minimum atomic E-state index is -0.193. The minimum absolute atomic E-state index is 0.193. The van der Waals surface area contributed by atoms with Crippen molar-refractivity contribution in [3.05, 3.63) is 52.9 Å². The van der Waals surface area contributed by atoms with Crippen LogP contribution in [0.1, 0.15) is 30.0 Å². The van der Waals surface area contributed by atoms with Crippen molar-refractivity contribution in [2.24, 2.45) is 5.84 Å². The number of rotatable bonds is 5. The van der Waals surface area contributed by atoms with Gasteiger partial charge in [-0.25, -0.2) is 5.43 Å². The highest BCUT2D eigenvalue weighted by molar-refractivity contribution is 6.29. The van der Waals surface area contributed by atoms with E-state index in [1.54, 1.807) is 6.26 Å². The van der Waals surface area contributed by atoms with Crippen LogP contribution in [0.4, 0.5) is 0 Å². The zero-order chi connectivity index (χ0) is 13.2. The summed E-state index contributed by atoms with van der Waals surface area (Å²) in [5, 5.41) is 0.348. The molecule has 5 heteroatoms. The van der Waals surface area contributed by atoms with E-state index in [0.717, 1.165) is 29.7 Å². The lowest BCUT2D eigenvalue weighted by Gasteiger charge is -2.15. The van der Waals surface area contributed by atoms with Crippen molar-refractivity contribution in [1.29, 1.82) is 0 Å². The molecule has 0 spiro atoms. The van der Waals surface area contributed by atoms with E-state index in [9.17, 15) is 0 Å². The fourth-order valence-electron chi connectivity index (χ4n) is 1.99. The first-order valence-electron chi connectivity index (χ1n) is 6.23. The highest BCUT2D eigenvalue weighted by atomic mass is 35.5. The molecule has 4 nitrogen and oxygen atoms in total. The Morgan fingerprint density at radius 2 is 2.00 bits per heavy atom. The van der Waals surface area contributed by atoms with Gasteiger partial charge in [-0.05, 0) is 48.2 Å². The predicted molar refractivity (Wildman–Crippen MR) is 73.0 cm³/mol. The predicted octanol–water partition coefficient (Wildman–Crippen LogP) is 3.03. The molecule has 2 aromatic rings. The Labute approximate surface area is 116 Å². The van der Waals surface area contributed by atoms with E-state index < -0.39 is 0 Å². The lowest BCUT2D eigenvalue weighted by molar-refractivity contribution is 0.303. The van der Waals surface area contributed by atoms with Gasteiger partial charge in [-0.2, -0.15) is 0 Å². The Morgan fingerprint density at radius 3 is 2.53 bits per heavy atom. The summed E-state index contributed by atoms with van der Waals surface area (Å²) < 4.78 is 10.8. The van der Waals surface area contributed by atoms with Crippen LogP contribution >= 0.6 is 11.6 Å². The molecule has 0 amide bonds. The van der Waals surface area contributed by atoms with Crippen molar-refractivity contribution in [2.75, 3.05) is 0 Å². The third-order valence-electron chi connectivity index (χ3n) is 3.16. The zero-order valence-electron chi connectivity index (χ0n) is 10.3. The van der Waals surface area contributed by atoms with E-state index >= 15 is 0 Å². The van der Waals surface area contributed by atoms with E-state index in [2.05, 4.69) is 5.43 Å². The first kappa shape index (κ1) is 12.5. The van der Waals surface area contributed by atoms with Gasteiger partial charge < -0.3 is 9.15 Å². The van der Waals surface area contributed by atoms with Crippen molar-refractivity contribution in [2.45, 2.75) is 25.0 Å². The highest BCUT2D eigenvalue weighted by Gasteiger charge is 2.23. The Kier molecular flexibility index (Phi) is 3.46. The molecule has 1 aromatic heterocycles. The molecule has 1 saturated carbocycles. The van der Waals surface area contributed by atoms with Gasteiger partial charge in [-0.15, -0.1) is 0 Å². The van der Waals surface area contributed by atoms with Crippen molar-refractivity contribution in [3.63, 3.8) is 0 Å². The molecule has 19 heavy (non-hydrogen) atoms. The first-order valence-corrected chi connectivity index (χ1v) is 6.61. The Hall–Kier alpha value is -1.49. The smallest absolute Gasteiger partial charge is 0.198 e. The van der Waals surface area contributed by atoms with Gasteiger partial charge in [0.05, 0.1) is 18.4 Å². The van der Waals surface area contributed by atoms with Gasteiger partial charge >= 0.3 is 0 Å². The molecule has 0 bridgehead atoms. The lowest BCUT2D eigenvalue weighted by Crippen LogP contribution is -2.28. The number of hydrogen-bond donors (Lipinski definition) is 2. The molecule has 0 saturated heterocycles. The Bertz CT molecular complexity index is 549. The molecule has 1 heterocycles. The third kappa shape index (κ3) is 2.76. The Morgan fingerprint density at radius 1 is 1.26 bits per heavy atom. The molecule has 100 valence electrons. The molecule has 1 fully saturated rings. The first-order chi connectivity index (χ1) is 9.28. The van der Waals surface area contributed by atoms with Gasteiger partial charge in [-0.1, -0.05) is 12.1 Å². The molecule has 3 rings (SSSR count). The standard InChI is InChI=1S/C14H15ClN2O2/c15-14-12(7-8-18-14)13(17-16)9-1-3-10(4-2-9)19-11-5-6-11/h1-4,7-8,11,13,17H,5-6,16H2. The number of benzene rings is 1. The van der Waals surface area contributed by atoms with Crippen LogP contribution in [0.2, 0.25) is 5.22 Å². The van der Waals surface area contributed by atoms with E-state index in [4.69, 9.17) is 26.6 Å². The second-order valence-corrected chi connectivity index (χ2v) is 4.98. The summed E-state index contributed by atoms with van der Waals surface area (Å²) in [6, 6.07) is 9.47. The van der Waals surface area contributed by atoms with Gasteiger partial charge in [-0.3, -0.25) is 5.84 Å². The molecule has 0 radical (unpaired) electrons. The van der Waals surface area contributed by atoms with E-state index in [0.29, 0.717) is 11.3 Å². The van der Waals surface area contributed by atoms with Gasteiger partial charge in [0.1, 0.15) is 5.75 Å². The SMILES string of the molecule is NNC(c1ccc(OC2CC2)cc1)c1ccoc1Cl. The summed E-state index contributed by atoms with van der Waals surface area (Å²) >= 11 is 5.98. The van der Waals surface area contributed by atoms with Crippen LogP contribution in [0, 0.1) is 0 Å². The molecule has 0 aliphatic heterocycles. The maximum atomic E-state index is 5.98. The van der Waals surface area contributed by atoms with Crippen LogP contribution in [0.15, 0.2) is 41.0 Å². The quantitative estimate of drug-likeness (QED) is 0.652.